The summed E-state index contributed by atoms with van der Waals surface area (Å²) in [5.74, 6) is 0.0383. The zero-order valence-electron chi connectivity index (χ0n) is 19.5. The van der Waals surface area contributed by atoms with Crippen molar-refractivity contribution < 1.29 is 23.8 Å². The average molecular weight is 562 g/mol. The van der Waals surface area contributed by atoms with Crippen LogP contribution in [-0.2, 0) is 9.47 Å². The molecule has 0 radical (unpaired) electrons. The maximum absolute atomic E-state index is 13.0. The zero-order chi connectivity index (χ0) is 25.1. The van der Waals surface area contributed by atoms with E-state index in [2.05, 4.69) is 20.9 Å². The number of aromatic nitrogens is 1. The predicted molar refractivity (Wildman–Crippen MR) is 132 cm³/mol. The first-order valence-corrected chi connectivity index (χ1v) is 11.7. The van der Waals surface area contributed by atoms with Gasteiger partial charge in [-0.2, -0.15) is 4.90 Å². The lowest BCUT2D eigenvalue weighted by atomic mass is 10.1. The van der Waals surface area contributed by atoms with Crippen molar-refractivity contribution in [2.75, 3.05) is 4.90 Å². The number of nitrogens with zero attached hydrogens (tertiary/aromatic N) is 2. The van der Waals surface area contributed by atoms with Gasteiger partial charge in [0.05, 0.1) is 0 Å². The molecule has 0 bridgehead atoms. The molecular formula is C23H27BrCl2N2O5. The van der Waals surface area contributed by atoms with Gasteiger partial charge in [-0.05, 0) is 88.7 Å². The van der Waals surface area contributed by atoms with E-state index in [1.807, 2.05) is 0 Å². The quantitative estimate of drug-likeness (QED) is 0.376. The van der Waals surface area contributed by atoms with E-state index in [0.29, 0.717) is 25.0 Å². The monoisotopic (exact) mass is 560 g/mol. The summed E-state index contributed by atoms with van der Waals surface area (Å²) in [7, 11) is 0. The molecule has 1 aromatic carbocycles. The summed E-state index contributed by atoms with van der Waals surface area (Å²) >= 11 is 15.8. The minimum atomic E-state index is -0.954. The van der Waals surface area contributed by atoms with Gasteiger partial charge in [0, 0.05) is 26.3 Å². The van der Waals surface area contributed by atoms with E-state index in [1.165, 1.54) is 6.20 Å². The van der Waals surface area contributed by atoms with Crippen LogP contribution in [0.25, 0.3) is 0 Å². The number of anilines is 1. The summed E-state index contributed by atoms with van der Waals surface area (Å²) in [5.41, 5.74) is -1.11. The number of imide groups is 1. The SMILES string of the molecule is C[C@H](Oc1cc(Br)cnc1N(C(=O)OC(C)(C)C)C(=O)OC(C)(C)C)c1cc(Cl)ccc1Cl. The van der Waals surface area contributed by atoms with E-state index in [4.69, 9.17) is 37.4 Å². The molecule has 2 aromatic rings. The second kappa shape index (κ2) is 10.5. The highest BCUT2D eigenvalue weighted by Gasteiger charge is 2.36. The second-order valence-corrected chi connectivity index (χ2v) is 11.0. The fourth-order valence-electron chi connectivity index (χ4n) is 2.61. The Labute approximate surface area is 212 Å². The number of carbonyl (C=O) groups is 2. The molecule has 0 aliphatic carbocycles. The van der Waals surface area contributed by atoms with Crippen LogP contribution in [0, 0.1) is 0 Å². The highest BCUT2D eigenvalue weighted by molar-refractivity contribution is 9.10. The Hall–Kier alpha value is -2.03. The molecule has 10 heteroatoms. The second-order valence-electron chi connectivity index (χ2n) is 9.20. The first-order valence-electron chi connectivity index (χ1n) is 10.1. The normalized spacial score (nSPS) is 12.7. The fourth-order valence-corrected chi connectivity index (χ4v) is 3.37. The Morgan fingerprint density at radius 2 is 1.55 bits per heavy atom. The molecule has 7 nitrogen and oxygen atoms in total. The van der Waals surface area contributed by atoms with Gasteiger partial charge in [0.25, 0.3) is 0 Å². The molecule has 1 aromatic heterocycles. The van der Waals surface area contributed by atoms with Crippen LogP contribution in [0.3, 0.4) is 0 Å². The van der Waals surface area contributed by atoms with E-state index >= 15 is 0 Å². The lowest BCUT2D eigenvalue weighted by molar-refractivity contribution is 0.0426. The van der Waals surface area contributed by atoms with E-state index in [1.54, 1.807) is 72.7 Å². The third-order valence-corrected chi connectivity index (χ3v) is 4.88. The van der Waals surface area contributed by atoms with Crippen LogP contribution < -0.4 is 9.64 Å². The number of benzene rings is 1. The van der Waals surface area contributed by atoms with Crippen molar-refractivity contribution >= 4 is 57.1 Å². The van der Waals surface area contributed by atoms with Crippen molar-refractivity contribution in [1.82, 2.24) is 4.98 Å². The molecular weight excluding hydrogens is 535 g/mol. The Bertz CT molecular complexity index is 1010. The number of ether oxygens (including phenoxy) is 3. The number of amides is 2. The molecule has 0 unspecified atom stereocenters. The molecule has 0 saturated carbocycles. The van der Waals surface area contributed by atoms with Crippen molar-refractivity contribution in [3.05, 3.63) is 50.5 Å². The third kappa shape index (κ3) is 8.05. The molecule has 1 atom stereocenters. The van der Waals surface area contributed by atoms with Gasteiger partial charge in [-0.1, -0.05) is 23.2 Å². The van der Waals surface area contributed by atoms with E-state index in [0.717, 1.165) is 0 Å². The molecule has 0 fully saturated rings. The van der Waals surface area contributed by atoms with Gasteiger partial charge in [0.1, 0.15) is 17.3 Å². The molecule has 0 spiro atoms. The minimum absolute atomic E-state index is 0.0910. The molecule has 180 valence electrons. The van der Waals surface area contributed by atoms with Crippen LogP contribution >= 0.6 is 39.1 Å². The summed E-state index contributed by atoms with van der Waals surface area (Å²) in [6, 6.07) is 6.59. The summed E-state index contributed by atoms with van der Waals surface area (Å²) < 4.78 is 17.5. The van der Waals surface area contributed by atoms with Gasteiger partial charge < -0.3 is 14.2 Å². The Morgan fingerprint density at radius 1 is 1.00 bits per heavy atom. The molecule has 2 amide bonds. The maximum Gasteiger partial charge on any atom is 0.425 e. The van der Waals surface area contributed by atoms with E-state index in [9.17, 15) is 9.59 Å². The van der Waals surface area contributed by atoms with Crippen molar-refractivity contribution in [1.29, 1.82) is 0 Å². The van der Waals surface area contributed by atoms with Crippen LogP contribution in [0.2, 0.25) is 10.0 Å². The van der Waals surface area contributed by atoms with Crippen LogP contribution in [0.1, 0.15) is 60.1 Å². The standard InChI is InChI=1S/C23H27BrCl2N2O5/c1-13(16-11-15(25)8-9-17(16)26)31-18-10-14(24)12-27-19(18)28(20(29)32-22(2,3)4)21(30)33-23(5,6)7/h8-13H,1-7H3/t13-/m0/s1. The van der Waals surface area contributed by atoms with E-state index in [-0.39, 0.29) is 11.6 Å². The Morgan fingerprint density at radius 3 is 2.06 bits per heavy atom. The highest BCUT2D eigenvalue weighted by atomic mass is 79.9. The fraction of sp³-hybridized carbons (Fsp3) is 0.435. The summed E-state index contributed by atoms with van der Waals surface area (Å²) in [4.78, 5) is 31.0. The molecule has 33 heavy (non-hydrogen) atoms. The van der Waals surface area contributed by atoms with Crippen LogP contribution in [0.15, 0.2) is 34.9 Å². The summed E-state index contributed by atoms with van der Waals surface area (Å²) in [5, 5.41) is 0.939. The van der Waals surface area contributed by atoms with Crippen molar-refractivity contribution in [3.63, 3.8) is 0 Å². The largest absolute Gasteiger partial charge is 0.482 e. The van der Waals surface area contributed by atoms with Gasteiger partial charge in [-0.25, -0.2) is 14.6 Å². The smallest absolute Gasteiger partial charge is 0.425 e. The molecule has 0 aliphatic heterocycles. The van der Waals surface area contributed by atoms with Crippen molar-refractivity contribution in [3.8, 4) is 5.75 Å². The summed E-state index contributed by atoms with van der Waals surface area (Å²) in [6.45, 7) is 11.9. The van der Waals surface area contributed by atoms with Gasteiger partial charge in [0.2, 0.25) is 0 Å². The maximum atomic E-state index is 13.0. The number of hydrogen-bond acceptors (Lipinski definition) is 6. The third-order valence-electron chi connectivity index (χ3n) is 3.86. The lowest BCUT2D eigenvalue weighted by Gasteiger charge is -2.29. The number of rotatable bonds is 4. The van der Waals surface area contributed by atoms with Gasteiger partial charge in [-0.3, -0.25) is 0 Å². The first kappa shape index (κ1) is 27.2. The number of halogens is 3. The number of hydrogen-bond donors (Lipinski definition) is 0. The summed E-state index contributed by atoms with van der Waals surface area (Å²) in [6.07, 6.45) is -1.07. The Kier molecular flexibility index (Phi) is 8.65. The molecule has 0 aliphatic rings. The predicted octanol–water partition coefficient (Wildman–Crippen LogP) is 7.97. The molecule has 1 heterocycles. The van der Waals surface area contributed by atoms with Crippen LogP contribution in [0.5, 0.6) is 5.75 Å². The van der Waals surface area contributed by atoms with Crippen molar-refractivity contribution in [2.24, 2.45) is 0 Å². The minimum Gasteiger partial charge on any atom is -0.482 e. The number of pyridine rings is 1. The van der Waals surface area contributed by atoms with Gasteiger partial charge >= 0.3 is 12.2 Å². The van der Waals surface area contributed by atoms with Gasteiger partial charge in [-0.15, -0.1) is 0 Å². The lowest BCUT2D eigenvalue weighted by Crippen LogP contribution is -2.44. The zero-order valence-corrected chi connectivity index (χ0v) is 22.6. The molecule has 2 rings (SSSR count). The molecule has 0 N–H and O–H groups in total. The van der Waals surface area contributed by atoms with E-state index < -0.39 is 29.5 Å². The number of carbonyl (C=O) groups excluding carboxylic acids is 2. The van der Waals surface area contributed by atoms with Crippen molar-refractivity contribution in [2.45, 2.75) is 65.8 Å². The Balaban J connectivity index is 2.54. The highest BCUT2D eigenvalue weighted by Crippen LogP contribution is 2.36. The first-order chi connectivity index (χ1) is 15.1. The van der Waals surface area contributed by atoms with Crippen LogP contribution in [-0.4, -0.2) is 28.4 Å². The van der Waals surface area contributed by atoms with Gasteiger partial charge in [0.15, 0.2) is 11.6 Å². The molecule has 0 saturated heterocycles. The van der Waals surface area contributed by atoms with Crippen LogP contribution in [0.4, 0.5) is 15.4 Å². The average Bonchev–Trinajstić information content (AvgIpc) is 2.62. The topological polar surface area (TPSA) is 78.0 Å².